The standard InChI is InChI=1S/C14H17ClN2O2/c15-9-1-4-12(13(18)7-9)14(19)17-6-5-10-2-3-11(8-17)16-10/h1,4,7,10-11,16,18H,2-3,5-6,8H2. The summed E-state index contributed by atoms with van der Waals surface area (Å²) in [6, 6.07) is 5.58. The van der Waals surface area contributed by atoms with Crippen LogP contribution in [0, 0.1) is 0 Å². The largest absolute Gasteiger partial charge is 0.507 e. The number of hydrogen-bond donors (Lipinski definition) is 2. The molecule has 19 heavy (non-hydrogen) atoms. The predicted molar refractivity (Wildman–Crippen MR) is 73.6 cm³/mol. The SMILES string of the molecule is O=C(c1ccc(Cl)cc1O)N1CCC2CCC(C1)N2. The summed E-state index contributed by atoms with van der Waals surface area (Å²) in [4.78, 5) is 14.3. The Hall–Kier alpha value is -1.26. The molecule has 2 fully saturated rings. The number of rotatable bonds is 1. The van der Waals surface area contributed by atoms with Crippen molar-refractivity contribution >= 4 is 17.5 Å². The lowest BCUT2D eigenvalue weighted by Gasteiger charge is -2.24. The van der Waals surface area contributed by atoms with Crippen LogP contribution in [-0.2, 0) is 0 Å². The Balaban J connectivity index is 1.79. The first-order chi connectivity index (χ1) is 9.13. The topological polar surface area (TPSA) is 52.6 Å². The van der Waals surface area contributed by atoms with Gasteiger partial charge in [-0.25, -0.2) is 0 Å². The van der Waals surface area contributed by atoms with E-state index in [-0.39, 0.29) is 11.7 Å². The third-order valence-corrected chi connectivity index (χ3v) is 4.24. The van der Waals surface area contributed by atoms with Crippen molar-refractivity contribution < 1.29 is 9.90 Å². The number of phenolic OH excluding ortho intramolecular Hbond substituents is 1. The fourth-order valence-electron chi connectivity index (χ4n) is 2.98. The zero-order valence-corrected chi connectivity index (χ0v) is 11.4. The van der Waals surface area contributed by atoms with Crippen molar-refractivity contribution in [2.45, 2.75) is 31.3 Å². The van der Waals surface area contributed by atoms with Crippen LogP contribution in [0.3, 0.4) is 0 Å². The maximum atomic E-state index is 12.5. The van der Waals surface area contributed by atoms with Gasteiger partial charge in [0.2, 0.25) is 0 Å². The average Bonchev–Trinajstić information content (AvgIpc) is 2.68. The number of nitrogens with zero attached hydrogens (tertiary/aromatic N) is 1. The number of benzene rings is 1. The van der Waals surface area contributed by atoms with Crippen LogP contribution in [0.1, 0.15) is 29.6 Å². The van der Waals surface area contributed by atoms with E-state index in [9.17, 15) is 9.90 Å². The van der Waals surface area contributed by atoms with E-state index in [4.69, 9.17) is 11.6 Å². The number of carbonyl (C=O) groups excluding carboxylic acids is 1. The van der Waals surface area contributed by atoms with E-state index in [1.165, 1.54) is 12.5 Å². The third kappa shape index (κ3) is 2.55. The third-order valence-electron chi connectivity index (χ3n) is 4.00. The normalized spacial score (nSPS) is 26.3. The van der Waals surface area contributed by atoms with Crippen molar-refractivity contribution in [3.05, 3.63) is 28.8 Å². The van der Waals surface area contributed by atoms with Crippen molar-refractivity contribution in [2.24, 2.45) is 0 Å². The van der Waals surface area contributed by atoms with Gasteiger partial charge in [0.15, 0.2) is 0 Å². The number of fused-ring (bicyclic) bond motifs is 2. The molecule has 2 heterocycles. The van der Waals surface area contributed by atoms with Gasteiger partial charge in [-0.15, -0.1) is 0 Å². The Bertz CT molecular complexity index is 506. The zero-order valence-electron chi connectivity index (χ0n) is 10.6. The molecule has 2 unspecified atom stereocenters. The number of halogens is 1. The van der Waals surface area contributed by atoms with Crippen LogP contribution in [0.15, 0.2) is 18.2 Å². The number of amides is 1. The van der Waals surface area contributed by atoms with E-state index in [2.05, 4.69) is 5.32 Å². The number of phenols is 1. The van der Waals surface area contributed by atoms with E-state index in [1.54, 1.807) is 12.1 Å². The van der Waals surface area contributed by atoms with Crippen LogP contribution in [0.5, 0.6) is 5.75 Å². The minimum atomic E-state index is -0.108. The highest BCUT2D eigenvalue weighted by molar-refractivity contribution is 6.30. The number of carbonyl (C=O) groups is 1. The Morgan fingerprint density at radius 2 is 2.11 bits per heavy atom. The van der Waals surface area contributed by atoms with Gasteiger partial charge in [0.25, 0.3) is 5.91 Å². The van der Waals surface area contributed by atoms with Gasteiger partial charge < -0.3 is 15.3 Å². The summed E-state index contributed by atoms with van der Waals surface area (Å²) >= 11 is 5.79. The van der Waals surface area contributed by atoms with E-state index < -0.39 is 0 Å². The van der Waals surface area contributed by atoms with Crippen LogP contribution >= 0.6 is 11.6 Å². The molecule has 0 aromatic heterocycles. The summed E-state index contributed by atoms with van der Waals surface area (Å²) in [6.07, 6.45) is 3.32. The summed E-state index contributed by atoms with van der Waals surface area (Å²) in [6.45, 7) is 1.46. The molecule has 0 aliphatic carbocycles. The Morgan fingerprint density at radius 3 is 2.89 bits per heavy atom. The van der Waals surface area contributed by atoms with Gasteiger partial charge in [-0.05, 0) is 37.5 Å². The van der Waals surface area contributed by atoms with Gasteiger partial charge >= 0.3 is 0 Å². The van der Waals surface area contributed by atoms with Gasteiger partial charge in [0.1, 0.15) is 5.75 Å². The fraction of sp³-hybridized carbons (Fsp3) is 0.500. The summed E-state index contributed by atoms with van der Waals surface area (Å²) in [7, 11) is 0. The molecule has 2 N–H and O–H groups in total. The summed E-state index contributed by atoms with van der Waals surface area (Å²) in [5.74, 6) is -0.150. The first-order valence-corrected chi connectivity index (χ1v) is 7.05. The monoisotopic (exact) mass is 280 g/mol. The highest BCUT2D eigenvalue weighted by atomic mass is 35.5. The van der Waals surface area contributed by atoms with E-state index >= 15 is 0 Å². The van der Waals surface area contributed by atoms with E-state index in [1.807, 2.05) is 4.90 Å². The fourth-order valence-corrected chi connectivity index (χ4v) is 3.15. The zero-order chi connectivity index (χ0) is 13.4. The molecule has 3 rings (SSSR count). The van der Waals surface area contributed by atoms with Crippen molar-refractivity contribution in [3.63, 3.8) is 0 Å². The minimum absolute atomic E-state index is 0.0418. The van der Waals surface area contributed by atoms with Crippen molar-refractivity contribution in [2.75, 3.05) is 13.1 Å². The first kappa shape index (κ1) is 12.8. The van der Waals surface area contributed by atoms with Gasteiger partial charge in [-0.1, -0.05) is 11.6 Å². The van der Waals surface area contributed by atoms with E-state index in [0.29, 0.717) is 22.7 Å². The summed E-state index contributed by atoms with van der Waals surface area (Å²) in [5, 5.41) is 13.8. The Labute approximate surface area is 117 Å². The van der Waals surface area contributed by atoms with Gasteiger partial charge in [-0.2, -0.15) is 0 Å². The molecule has 102 valence electrons. The molecule has 1 amide bonds. The molecule has 0 spiro atoms. The minimum Gasteiger partial charge on any atom is -0.507 e. The van der Waals surface area contributed by atoms with Crippen molar-refractivity contribution in [3.8, 4) is 5.75 Å². The van der Waals surface area contributed by atoms with Crippen LogP contribution in [-0.4, -0.2) is 41.1 Å². The molecular weight excluding hydrogens is 264 g/mol. The Morgan fingerprint density at radius 1 is 1.32 bits per heavy atom. The molecule has 5 heteroatoms. The lowest BCUT2D eigenvalue weighted by atomic mass is 10.1. The molecule has 2 bridgehead atoms. The molecular formula is C14H17ClN2O2. The van der Waals surface area contributed by atoms with Crippen LogP contribution in [0.4, 0.5) is 0 Å². The predicted octanol–water partition coefficient (Wildman–Crippen LogP) is 2.01. The molecule has 0 saturated carbocycles. The molecule has 0 radical (unpaired) electrons. The second-order valence-electron chi connectivity index (χ2n) is 5.34. The molecule has 2 atom stereocenters. The van der Waals surface area contributed by atoms with E-state index in [0.717, 1.165) is 25.9 Å². The lowest BCUT2D eigenvalue weighted by Crippen LogP contribution is -2.39. The van der Waals surface area contributed by atoms with Crippen LogP contribution in [0.25, 0.3) is 0 Å². The van der Waals surface area contributed by atoms with Gasteiger partial charge in [0.05, 0.1) is 5.56 Å². The summed E-state index contributed by atoms with van der Waals surface area (Å²) in [5.41, 5.74) is 0.335. The lowest BCUT2D eigenvalue weighted by molar-refractivity contribution is 0.0745. The molecule has 2 aliphatic rings. The second-order valence-corrected chi connectivity index (χ2v) is 5.78. The van der Waals surface area contributed by atoms with Crippen LogP contribution < -0.4 is 5.32 Å². The second kappa shape index (κ2) is 5.02. The molecule has 2 aliphatic heterocycles. The highest BCUT2D eigenvalue weighted by Gasteiger charge is 2.32. The molecule has 1 aromatic carbocycles. The summed E-state index contributed by atoms with van der Waals surface area (Å²) < 4.78 is 0. The van der Waals surface area contributed by atoms with Crippen molar-refractivity contribution in [1.82, 2.24) is 10.2 Å². The maximum absolute atomic E-state index is 12.5. The molecule has 2 saturated heterocycles. The number of aromatic hydroxyl groups is 1. The Kier molecular flexibility index (Phi) is 3.37. The van der Waals surface area contributed by atoms with Gasteiger partial charge in [-0.3, -0.25) is 4.79 Å². The number of hydrogen-bond acceptors (Lipinski definition) is 3. The smallest absolute Gasteiger partial charge is 0.257 e. The molecule has 1 aromatic rings. The number of nitrogens with one attached hydrogen (secondary N) is 1. The van der Waals surface area contributed by atoms with Gasteiger partial charge in [0, 0.05) is 30.2 Å². The maximum Gasteiger partial charge on any atom is 0.257 e. The number of likely N-dealkylation sites (tertiary alicyclic amines) is 1. The van der Waals surface area contributed by atoms with Crippen molar-refractivity contribution in [1.29, 1.82) is 0 Å². The first-order valence-electron chi connectivity index (χ1n) is 6.67. The highest BCUT2D eigenvalue weighted by Crippen LogP contribution is 2.26. The molecule has 4 nitrogen and oxygen atoms in total. The van der Waals surface area contributed by atoms with Crippen LogP contribution in [0.2, 0.25) is 5.02 Å². The average molecular weight is 281 g/mol. The quantitative estimate of drug-likeness (QED) is 0.827.